The van der Waals surface area contributed by atoms with Gasteiger partial charge >= 0.3 is 5.97 Å². The van der Waals surface area contributed by atoms with E-state index in [1.165, 1.54) is 12.1 Å². The van der Waals surface area contributed by atoms with Gasteiger partial charge < -0.3 is 21.1 Å². The second-order valence-corrected chi connectivity index (χ2v) is 7.48. The number of carbonyl (C=O) groups is 2. The molecule has 8 heteroatoms. The van der Waals surface area contributed by atoms with Gasteiger partial charge in [0.1, 0.15) is 11.6 Å². The standard InChI is InChI=1S/C21H19FN4O3/c1-21(20(28)29)9-14-17(15(27)10-21)19(25-13-4-2-3-12(22)8-13)18(26-14)11-5-6-24-16(23)7-11/h2-8,25-26H,9-10H2,1H3,(H2,23,24)(H,28,29)/t21-/m1/s1. The molecule has 0 spiro atoms. The normalized spacial score (nSPS) is 18.3. The van der Waals surface area contributed by atoms with Crippen molar-refractivity contribution in [3.8, 4) is 11.3 Å². The Bertz CT molecular complexity index is 1140. The fourth-order valence-corrected chi connectivity index (χ4v) is 3.69. The number of aliphatic carboxylic acids is 1. The SMILES string of the molecule is C[C@]1(C(=O)O)CC(=O)c2c([nH]c(-c3ccnc(N)c3)c2Nc2cccc(F)c2)C1. The summed E-state index contributed by atoms with van der Waals surface area (Å²) < 4.78 is 13.7. The molecule has 2 heterocycles. The molecule has 1 aliphatic carbocycles. The minimum absolute atomic E-state index is 0.122. The lowest BCUT2D eigenvalue weighted by Crippen LogP contribution is -2.36. The summed E-state index contributed by atoms with van der Waals surface area (Å²) in [5, 5.41) is 12.7. The number of aromatic amines is 1. The van der Waals surface area contributed by atoms with E-state index < -0.39 is 17.2 Å². The molecule has 1 aliphatic rings. The van der Waals surface area contributed by atoms with Gasteiger partial charge in [0.05, 0.1) is 22.4 Å². The summed E-state index contributed by atoms with van der Waals surface area (Å²) in [6, 6.07) is 9.26. The van der Waals surface area contributed by atoms with Gasteiger partial charge in [-0.2, -0.15) is 0 Å². The maximum absolute atomic E-state index is 13.7. The summed E-state index contributed by atoms with van der Waals surface area (Å²) in [5.41, 5.74) is 7.70. The second kappa shape index (κ2) is 6.73. The number of anilines is 3. The van der Waals surface area contributed by atoms with Crippen molar-refractivity contribution in [3.05, 3.63) is 59.7 Å². The van der Waals surface area contributed by atoms with Gasteiger partial charge in [0.25, 0.3) is 0 Å². The van der Waals surface area contributed by atoms with Gasteiger partial charge in [-0.15, -0.1) is 0 Å². The van der Waals surface area contributed by atoms with E-state index in [1.807, 2.05) is 0 Å². The molecule has 2 aromatic heterocycles. The Labute approximate surface area is 165 Å². The first-order chi connectivity index (χ1) is 13.8. The van der Waals surface area contributed by atoms with Crippen molar-refractivity contribution in [2.45, 2.75) is 19.8 Å². The minimum atomic E-state index is -1.19. The fourth-order valence-electron chi connectivity index (χ4n) is 3.69. The molecule has 148 valence electrons. The molecule has 7 nitrogen and oxygen atoms in total. The van der Waals surface area contributed by atoms with Crippen LogP contribution in [0.5, 0.6) is 0 Å². The first kappa shape index (κ1) is 18.7. The number of hydrogen-bond donors (Lipinski definition) is 4. The highest BCUT2D eigenvalue weighted by atomic mass is 19.1. The third-order valence-electron chi connectivity index (χ3n) is 5.15. The zero-order valence-corrected chi connectivity index (χ0v) is 15.6. The number of hydrogen-bond acceptors (Lipinski definition) is 5. The number of Topliss-reactive ketones (excluding diaryl/α,β-unsaturated/α-hetero) is 1. The summed E-state index contributed by atoms with van der Waals surface area (Å²) in [7, 11) is 0. The van der Waals surface area contributed by atoms with Gasteiger partial charge in [0, 0.05) is 36.0 Å². The predicted molar refractivity (Wildman–Crippen MR) is 107 cm³/mol. The Morgan fingerprint density at radius 1 is 1.31 bits per heavy atom. The zero-order valence-electron chi connectivity index (χ0n) is 15.6. The molecule has 1 aromatic carbocycles. The lowest BCUT2D eigenvalue weighted by atomic mass is 9.74. The van der Waals surface area contributed by atoms with Crippen molar-refractivity contribution >= 4 is 28.9 Å². The number of nitrogens with one attached hydrogen (secondary N) is 2. The minimum Gasteiger partial charge on any atom is -0.481 e. The van der Waals surface area contributed by atoms with Crippen molar-refractivity contribution < 1.29 is 19.1 Å². The molecule has 0 amide bonds. The summed E-state index contributed by atoms with van der Waals surface area (Å²) in [4.78, 5) is 31.9. The number of nitrogen functional groups attached to an aromatic ring is 1. The number of nitrogens with zero attached hydrogens (tertiary/aromatic N) is 1. The maximum atomic E-state index is 13.7. The monoisotopic (exact) mass is 394 g/mol. The van der Waals surface area contributed by atoms with Crippen molar-refractivity contribution in [3.63, 3.8) is 0 Å². The molecular weight excluding hydrogens is 375 g/mol. The molecule has 5 N–H and O–H groups in total. The largest absolute Gasteiger partial charge is 0.481 e. The first-order valence-corrected chi connectivity index (χ1v) is 9.03. The Morgan fingerprint density at radius 3 is 2.79 bits per heavy atom. The summed E-state index contributed by atoms with van der Waals surface area (Å²) >= 11 is 0. The van der Waals surface area contributed by atoms with Crippen molar-refractivity contribution in [2.75, 3.05) is 11.1 Å². The van der Waals surface area contributed by atoms with E-state index in [2.05, 4.69) is 15.3 Å². The number of fused-ring (bicyclic) bond motifs is 1. The molecular formula is C21H19FN4O3. The number of halogens is 1. The topological polar surface area (TPSA) is 121 Å². The van der Waals surface area contributed by atoms with Crippen LogP contribution in [0.25, 0.3) is 11.3 Å². The number of H-pyrrole nitrogens is 1. The first-order valence-electron chi connectivity index (χ1n) is 9.03. The van der Waals surface area contributed by atoms with E-state index in [0.29, 0.717) is 39.7 Å². The number of rotatable bonds is 4. The van der Waals surface area contributed by atoms with Gasteiger partial charge in [-0.25, -0.2) is 9.37 Å². The third-order valence-corrected chi connectivity index (χ3v) is 5.15. The molecule has 0 saturated heterocycles. The van der Waals surface area contributed by atoms with Crippen LogP contribution in [-0.4, -0.2) is 26.8 Å². The predicted octanol–water partition coefficient (Wildman–Crippen LogP) is 3.76. The van der Waals surface area contributed by atoms with Gasteiger partial charge in [-0.1, -0.05) is 6.07 Å². The quantitative estimate of drug-likeness (QED) is 0.535. The van der Waals surface area contributed by atoms with Crippen molar-refractivity contribution in [1.29, 1.82) is 0 Å². The van der Waals surface area contributed by atoms with Crippen LogP contribution in [0.3, 0.4) is 0 Å². The number of benzene rings is 1. The number of ketones is 1. The van der Waals surface area contributed by atoms with E-state index in [4.69, 9.17) is 5.73 Å². The van der Waals surface area contributed by atoms with Crippen LogP contribution in [0, 0.1) is 11.2 Å². The van der Waals surface area contributed by atoms with Crippen LogP contribution in [0.4, 0.5) is 21.6 Å². The molecule has 0 bridgehead atoms. The number of aromatic nitrogens is 2. The average molecular weight is 394 g/mol. The lowest BCUT2D eigenvalue weighted by molar-refractivity contribution is -0.148. The van der Waals surface area contributed by atoms with Gasteiger partial charge in [-0.3, -0.25) is 9.59 Å². The Morgan fingerprint density at radius 2 is 2.10 bits per heavy atom. The summed E-state index contributed by atoms with van der Waals surface area (Å²) in [6.45, 7) is 1.56. The number of carboxylic acid groups (broad SMARTS) is 1. The fraction of sp³-hybridized carbons (Fsp3) is 0.190. The van der Waals surface area contributed by atoms with E-state index in [9.17, 15) is 19.1 Å². The number of carbonyl (C=O) groups excluding carboxylic acids is 1. The van der Waals surface area contributed by atoms with Gasteiger partial charge in [-0.05, 0) is 37.3 Å². The summed E-state index contributed by atoms with van der Waals surface area (Å²) in [6.07, 6.45) is 1.59. The van der Waals surface area contributed by atoms with E-state index in [1.54, 1.807) is 37.4 Å². The Balaban J connectivity index is 1.89. The Hall–Kier alpha value is -3.68. The number of nitrogens with two attached hydrogens (primary N) is 1. The molecule has 3 aromatic rings. The van der Waals surface area contributed by atoms with Crippen LogP contribution in [0.1, 0.15) is 29.4 Å². The third kappa shape index (κ3) is 3.33. The van der Waals surface area contributed by atoms with Crippen LogP contribution in [0.2, 0.25) is 0 Å². The van der Waals surface area contributed by atoms with Crippen LogP contribution < -0.4 is 11.1 Å². The van der Waals surface area contributed by atoms with Crippen molar-refractivity contribution in [2.24, 2.45) is 5.41 Å². The molecule has 1 atom stereocenters. The highest BCUT2D eigenvalue weighted by molar-refractivity contribution is 6.09. The summed E-state index contributed by atoms with van der Waals surface area (Å²) in [5.74, 6) is -1.44. The van der Waals surface area contributed by atoms with Crippen LogP contribution in [-0.2, 0) is 11.2 Å². The molecule has 0 aliphatic heterocycles. The van der Waals surface area contributed by atoms with Gasteiger partial charge in [0.2, 0.25) is 0 Å². The number of pyridine rings is 1. The van der Waals surface area contributed by atoms with E-state index in [0.717, 1.165) is 0 Å². The average Bonchev–Trinajstić information content (AvgIpc) is 3.00. The smallest absolute Gasteiger partial charge is 0.310 e. The van der Waals surface area contributed by atoms with Crippen molar-refractivity contribution in [1.82, 2.24) is 9.97 Å². The Kier molecular flexibility index (Phi) is 4.34. The van der Waals surface area contributed by atoms with Gasteiger partial charge in [0.15, 0.2) is 5.78 Å². The molecule has 0 fully saturated rings. The van der Waals surface area contributed by atoms with E-state index >= 15 is 0 Å². The van der Waals surface area contributed by atoms with Crippen LogP contribution >= 0.6 is 0 Å². The molecule has 0 radical (unpaired) electrons. The highest BCUT2D eigenvalue weighted by Crippen LogP contribution is 2.43. The molecule has 0 saturated carbocycles. The second-order valence-electron chi connectivity index (χ2n) is 7.48. The highest BCUT2D eigenvalue weighted by Gasteiger charge is 2.43. The zero-order chi connectivity index (χ0) is 20.8. The van der Waals surface area contributed by atoms with Crippen LogP contribution in [0.15, 0.2) is 42.6 Å². The molecule has 4 rings (SSSR count). The molecule has 0 unspecified atom stereocenters. The lowest BCUT2D eigenvalue weighted by Gasteiger charge is -2.28. The maximum Gasteiger partial charge on any atom is 0.310 e. The number of carboxylic acids is 1. The van der Waals surface area contributed by atoms with E-state index in [-0.39, 0.29) is 18.6 Å². The molecule has 29 heavy (non-hydrogen) atoms.